The molecule has 1 unspecified atom stereocenters. The Labute approximate surface area is 137 Å². The molecule has 24 heavy (non-hydrogen) atoms. The number of nitrogens with one attached hydrogen (secondary N) is 1. The first kappa shape index (κ1) is 16.5. The van der Waals surface area contributed by atoms with Crippen molar-refractivity contribution < 1.29 is 17.2 Å². The molecule has 0 aliphatic heterocycles. The van der Waals surface area contributed by atoms with Crippen LogP contribution in [0.3, 0.4) is 0 Å². The highest BCUT2D eigenvalue weighted by Crippen LogP contribution is 2.23. The minimum Gasteiger partial charge on any atom is -0.250 e. The van der Waals surface area contributed by atoms with E-state index in [4.69, 9.17) is 0 Å². The molecule has 0 aliphatic carbocycles. The van der Waals surface area contributed by atoms with Crippen molar-refractivity contribution in [1.29, 1.82) is 0 Å². The highest BCUT2D eigenvalue weighted by atomic mass is 32.2. The SMILES string of the molecule is CC(NS(=O)(=O)c1cnc2c(cnn2C)c1)c1c(F)cccc1F. The molecule has 3 aromatic rings. The summed E-state index contributed by atoms with van der Waals surface area (Å²) < 4.78 is 56.3. The van der Waals surface area contributed by atoms with Crippen molar-refractivity contribution in [2.45, 2.75) is 17.9 Å². The van der Waals surface area contributed by atoms with Gasteiger partial charge in [0.2, 0.25) is 10.0 Å². The minimum atomic E-state index is -4.01. The van der Waals surface area contributed by atoms with Crippen LogP contribution in [0.25, 0.3) is 11.0 Å². The predicted molar refractivity (Wildman–Crippen MR) is 83.6 cm³/mol. The second-order valence-electron chi connectivity index (χ2n) is 5.33. The summed E-state index contributed by atoms with van der Waals surface area (Å²) in [6.07, 6.45) is 2.66. The van der Waals surface area contributed by atoms with Gasteiger partial charge >= 0.3 is 0 Å². The molecule has 0 saturated heterocycles. The van der Waals surface area contributed by atoms with Gasteiger partial charge in [0.25, 0.3) is 0 Å². The Kier molecular flexibility index (Phi) is 4.06. The van der Waals surface area contributed by atoms with Gasteiger partial charge in [-0.15, -0.1) is 0 Å². The van der Waals surface area contributed by atoms with Gasteiger partial charge in [-0.05, 0) is 25.1 Å². The van der Waals surface area contributed by atoms with Gasteiger partial charge < -0.3 is 0 Å². The van der Waals surface area contributed by atoms with Crippen LogP contribution in [0.15, 0.2) is 41.6 Å². The van der Waals surface area contributed by atoms with E-state index in [0.29, 0.717) is 11.0 Å². The third-order valence-electron chi connectivity index (χ3n) is 3.62. The number of aromatic nitrogens is 3. The fourth-order valence-corrected chi connectivity index (χ4v) is 3.65. The smallest absolute Gasteiger partial charge is 0.242 e. The molecule has 9 heteroatoms. The molecule has 1 aromatic carbocycles. The van der Waals surface area contributed by atoms with Gasteiger partial charge in [-0.1, -0.05) is 6.07 Å². The summed E-state index contributed by atoms with van der Waals surface area (Å²) in [6.45, 7) is 1.37. The molecule has 2 aromatic heterocycles. The van der Waals surface area contributed by atoms with Gasteiger partial charge in [0.05, 0.1) is 6.20 Å². The van der Waals surface area contributed by atoms with E-state index in [2.05, 4.69) is 14.8 Å². The number of hydrogen-bond donors (Lipinski definition) is 1. The molecule has 0 amide bonds. The molecule has 126 valence electrons. The van der Waals surface area contributed by atoms with Crippen LogP contribution in [0, 0.1) is 11.6 Å². The molecule has 3 rings (SSSR count). The standard InChI is InChI=1S/C15H14F2N4O2S/c1-9(14-12(16)4-3-5-13(14)17)20-24(22,23)11-6-10-7-19-21(2)15(10)18-8-11/h3-9,20H,1-2H3. The van der Waals surface area contributed by atoms with E-state index >= 15 is 0 Å². The number of halogens is 2. The second-order valence-corrected chi connectivity index (χ2v) is 7.04. The van der Waals surface area contributed by atoms with Gasteiger partial charge in [0, 0.05) is 30.2 Å². The van der Waals surface area contributed by atoms with E-state index < -0.39 is 27.7 Å². The van der Waals surface area contributed by atoms with Crippen molar-refractivity contribution >= 4 is 21.1 Å². The Morgan fingerprint density at radius 2 is 1.88 bits per heavy atom. The van der Waals surface area contributed by atoms with E-state index in [9.17, 15) is 17.2 Å². The third-order valence-corrected chi connectivity index (χ3v) is 5.13. The zero-order chi connectivity index (χ0) is 17.5. The molecule has 0 saturated carbocycles. The average Bonchev–Trinajstić information content (AvgIpc) is 2.87. The summed E-state index contributed by atoms with van der Waals surface area (Å²) in [6, 6.07) is 3.69. The summed E-state index contributed by atoms with van der Waals surface area (Å²) in [4.78, 5) is 3.95. The second kappa shape index (κ2) is 5.91. The quantitative estimate of drug-likeness (QED) is 0.782. The summed E-state index contributed by atoms with van der Waals surface area (Å²) >= 11 is 0. The van der Waals surface area contributed by atoms with Crippen molar-refractivity contribution in [2.24, 2.45) is 7.05 Å². The van der Waals surface area contributed by atoms with Gasteiger partial charge in [0.1, 0.15) is 16.5 Å². The predicted octanol–water partition coefficient (Wildman–Crippen LogP) is 2.29. The van der Waals surface area contributed by atoms with Crippen LogP contribution in [-0.4, -0.2) is 23.2 Å². The van der Waals surface area contributed by atoms with Crippen LogP contribution < -0.4 is 4.72 Å². The number of aryl methyl sites for hydroxylation is 1. The lowest BCUT2D eigenvalue weighted by Crippen LogP contribution is -2.28. The lowest BCUT2D eigenvalue weighted by molar-refractivity contribution is 0.515. The van der Waals surface area contributed by atoms with Gasteiger partial charge in [0.15, 0.2) is 5.65 Å². The maximum Gasteiger partial charge on any atom is 0.242 e. The first-order valence-corrected chi connectivity index (χ1v) is 8.52. The van der Waals surface area contributed by atoms with Crippen LogP contribution in [-0.2, 0) is 17.1 Å². The van der Waals surface area contributed by atoms with Crippen LogP contribution in [0.5, 0.6) is 0 Å². The number of sulfonamides is 1. The van der Waals surface area contributed by atoms with Gasteiger partial charge in [-0.3, -0.25) is 4.68 Å². The number of fused-ring (bicyclic) bond motifs is 1. The van der Waals surface area contributed by atoms with Crippen molar-refractivity contribution in [3.8, 4) is 0 Å². The molecule has 0 bridgehead atoms. The molecule has 0 spiro atoms. The molecule has 6 nitrogen and oxygen atoms in total. The maximum absolute atomic E-state index is 13.8. The number of hydrogen-bond acceptors (Lipinski definition) is 4. The van der Waals surface area contributed by atoms with Gasteiger partial charge in [-0.25, -0.2) is 26.9 Å². The highest BCUT2D eigenvalue weighted by molar-refractivity contribution is 7.89. The number of rotatable bonds is 4. The zero-order valence-corrected chi connectivity index (χ0v) is 13.7. The van der Waals surface area contributed by atoms with Crippen molar-refractivity contribution in [3.05, 3.63) is 53.9 Å². The first-order valence-electron chi connectivity index (χ1n) is 7.03. The Bertz CT molecular complexity index is 997. The molecular formula is C15H14F2N4O2S. The molecule has 1 N–H and O–H groups in total. The largest absolute Gasteiger partial charge is 0.250 e. The molecule has 0 aliphatic rings. The maximum atomic E-state index is 13.8. The summed E-state index contributed by atoms with van der Waals surface area (Å²) in [5.41, 5.74) is 0.193. The molecule has 0 fully saturated rings. The third kappa shape index (κ3) is 2.87. The van der Waals surface area contributed by atoms with E-state index in [-0.39, 0.29) is 10.5 Å². The number of nitrogens with zero attached hydrogens (tertiary/aromatic N) is 3. The van der Waals surface area contributed by atoms with Crippen molar-refractivity contribution in [3.63, 3.8) is 0 Å². The number of benzene rings is 1. The summed E-state index contributed by atoms with van der Waals surface area (Å²) in [5.74, 6) is -1.63. The Balaban J connectivity index is 1.95. The average molecular weight is 352 g/mol. The highest BCUT2D eigenvalue weighted by Gasteiger charge is 2.23. The Morgan fingerprint density at radius 1 is 1.21 bits per heavy atom. The molecular weight excluding hydrogens is 338 g/mol. The minimum absolute atomic E-state index is 0.105. The van der Waals surface area contributed by atoms with Crippen molar-refractivity contribution in [1.82, 2.24) is 19.5 Å². The fourth-order valence-electron chi connectivity index (χ4n) is 2.45. The van der Waals surface area contributed by atoms with Crippen molar-refractivity contribution in [2.75, 3.05) is 0 Å². The Hall–Kier alpha value is -2.39. The monoisotopic (exact) mass is 352 g/mol. The topological polar surface area (TPSA) is 76.9 Å². The summed E-state index contributed by atoms with van der Waals surface area (Å²) in [7, 11) is -2.32. The summed E-state index contributed by atoms with van der Waals surface area (Å²) in [5, 5.41) is 4.54. The lowest BCUT2D eigenvalue weighted by Gasteiger charge is -2.16. The Morgan fingerprint density at radius 3 is 2.54 bits per heavy atom. The van der Waals surface area contributed by atoms with E-state index in [0.717, 1.165) is 12.1 Å². The van der Waals surface area contributed by atoms with E-state index in [1.54, 1.807) is 7.05 Å². The van der Waals surface area contributed by atoms with Crippen LogP contribution in [0.4, 0.5) is 8.78 Å². The number of pyridine rings is 1. The van der Waals surface area contributed by atoms with E-state index in [1.165, 1.54) is 36.1 Å². The van der Waals surface area contributed by atoms with Crippen LogP contribution in [0.1, 0.15) is 18.5 Å². The van der Waals surface area contributed by atoms with E-state index in [1.807, 2.05) is 0 Å². The molecule has 1 atom stereocenters. The van der Waals surface area contributed by atoms with Gasteiger partial charge in [-0.2, -0.15) is 5.10 Å². The zero-order valence-electron chi connectivity index (χ0n) is 12.9. The molecule has 0 radical (unpaired) electrons. The normalized spacial score (nSPS) is 13.3. The molecule has 2 heterocycles. The fraction of sp³-hybridized carbons (Fsp3) is 0.200. The first-order chi connectivity index (χ1) is 11.3. The van der Waals surface area contributed by atoms with Crippen LogP contribution in [0.2, 0.25) is 0 Å². The van der Waals surface area contributed by atoms with Crippen LogP contribution >= 0.6 is 0 Å². The lowest BCUT2D eigenvalue weighted by atomic mass is 10.1.